The quantitative estimate of drug-likeness (QED) is 0.477. The van der Waals surface area contributed by atoms with E-state index in [-0.39, 0.29) is 0 Å². The van der Waals surface area contributed by atoms with Crippen LogP contribution in [-0.2, 0) is 0 Å². The average Bonchev–Trinajstić information content (AvgIpc) is 2.48. The fraction of sp³-hybridized carbons (Fsp3) is 0.278. The molecule has 122 valence electrons. The minimum atomic E-state index is 0.616. The van der Waals surface area contributed by atoms with Crippen molar-refractivity contribution in [3.8, 4) is 11.5 Å². The second-order valence-electron chi connectivity index (χ2n) is 5.44. The van der Waals surface area contributed by atoms with Gasteiger partial charge < -0.3 is 10.5 Å². The van der Waals surface area contributed by atoms with Crippen LogP contribution in [0.1, 0.15) is 30.9 Å². The number of hydrogen-bond acceptors (Lipinski definition) is 2. The normalized spacial score (nSPS) is 11.6. The Bertz CT molecular complexity index is 744. The van der Waals surface area contributed by atoms with Crippen LogP contribution in [0.3, 0.4) is 0 Å². The summed E-state index contributed by atoms with van der Waals surface area (Å²) in [6.45, 7) is 6.07. The van der Waals surface area contributed by atoms with Gasteiger partial charge in [-0.15, -0.1) is 0 Å². The van der Waals surface area contributed by atoms with Gasteiger partial charge in [0, 0.05) is 17.0 Å². The van der Waals surface area contributed by atoms with Gasteiger partial charge in [-0.05, 0) is 71.6 Å². The monoisotopic (exact) mass is 394 g/mol. The molecule has 2 rings (SSSR count). The first-order chi connectivity index (χ1) is 10.9. The van der Waals surface area contributed by atoms with E-state index in [9.17, 15) is 0 Å². The predicted molar refractivity (Wildman–Crippen MR) is 101 cm³/mol. The minimum absolute atomic E-state index is 0.616. The number of ether oxygens (including phenoxy) is 1. The zero-order valence-corrected chi connectivity index (χ0v) is 15.8. The van der Waals surface area contributed by atoms with Crippen LogP contribution < -0.4 is 10.5 Å². The van der Waals surface area contributed by atoms with E-state index in [1.54, 1.807) is 6.07 Å². The maximum atomic E-state index is 6.10. The highest BCUT2D eigenvalue weighted by molar-refractivity contribution is 9.10. The lowest BCUT2D eigenvalue weighted by Crippen LogP contribution is -2.10. The lowest BCUT2D eigenvalue weighted by atomic mass is 10.1. The Morgan fingerprint density at radius 1 is 1.22 bits per heavy atom. The van der Waals surface area contributed by atoms with Crippen molar-refractivity contribution in [1.29, 1.82) is 0 Å². The molecule has 0 aliphatic heterocycles. The fourth-order valence-electron chi connectivity index (χ4n) is 2.14. The first kappa shape index (κ1) is 17.8. The van der Waals surface area contributed by atoms with Crippen molar-refractivity contribution in [3.63, 3.8) is 0 Å². The van der Waals surface area contributed by atoms with Gasteiger partial charge in [0.15, 0.2) is 0 Å². The number of aryl methyl sites for hydroxylation is 2. The van der Waals surface area contributed by atoms with E-state index in [1.807, 2.05) is 38.1 Å². The van der Waals surface area contributed by atoms with E-state index in [4.69, 9.17) is 22.1 Å². The molecule has 0 saturated heterocycles. The van der Waals surface area contributed by atoms with Gasteiger partial charge in [-0.3, -0.25) is 0 Å². The van der Waals surface area contributed by atoms with Gasteiger partial charge in [-0.2, -0.15) is 0 Å². The van der Waals surface area contributed by atoms with E-state index in [0.29, 0.717) is 16.6 Å². The van der Waals surface area contributed by atoms with Gasteiger partial charge in [-0.25, -0.2) is 4.99 Å². The number of rotatable bonds is 5. The molecule has 2 aromatic carbocycles. The van der Waals surface area contributed by atoms with Crippen LogP contribution in [0, 0.1) is 13.8 Å². The molecule has 0 unspecified atom stereocenters. The van der Waals surface area contributed by atoms with Gasteiger partial charge in [0.1, 0.15) is 11.5 Å². The predicted octanol–water partition coefficient (Wildman–Crippen LogP) is 6.30. The van der Waals surface area contributed by atoms with Crippen LogP contribution in [-0.4, -0.2) is 5.84 Å². The molecule has 5 heteroatoms. The van der Waals surface area contributed by atoms with Gasteiger partial charge >= 0.3 is 0 Å². The van der Waals surface area contributed by atoms with E-state index < -0.39 is 0 Å². The third kappa shape index (κ3) is 4.72. The Morgan fingerprint density at radius 3 is 2.61 bits per heavy atom. The number of aliphatic imine (C=N–C) groups is 1. The molecule has 0 amide bonds. The number of halogens is 2. The molecular formula is C18H20BrClN2O. The zero-order valence-electron chi connectivity index (χ0n) is 13.5. The summed E-state index contributed by atoms with van der Waals surface area (Å²) in [5.74, 6) is 2.14. The summed E-state index contributed by atoms with van der Waals surface area (Å²) in [4.78, 5) is 4.49. The first-order valence-electron chi connectivity index (χ1n) is 7.48. The number of hydrogen-bond donors (Lipinski definition) is 1. The van der Waals surface area contributed by atoms with Crippen LogP contribution in [0.5, 0.6) is 11.5 Å². The largest absolute Gasteiger partial charge is 0.457 e. The highest BCUT2D eigenvalue weighted by Gasteiger charge is 2.08. The second kappa shape index (κ2) is 7.84. The molecule has 23 heavy (non-hydrogen) atoms. The van der Waals surface area contributed by atoms with Crippen LogP contribution in [0.2, 0.25) is 5.02 Å². The molecule has 0 aromatic heterocycles. The van der Waals surface area contributed by atoms with Crippen molar-refractivity contribution in [2.75, 3.05) is 0 Å². The number of nitrogens with two attached hydrogens (primary N) is 1. The van der Waals surface area contributed by atoms with Crippen molar-refractivity contribution in [2.45, 2.75) is 33.6 Å². The molecule has 0 saturated carbocycles. The third-order valence-corrected chi connectivity index (χ3v) is 4.62. The first-order valence-corrected chi connectivity index (χ1v) is 8.65. The van der Waals surface area contributed by atoms with Gasteiger partial charge in [0.2, 0.25) is 0 Å². The lowest BCUT2D eigenvalue weighted by Gasteiger charge is -2.12. The standard InChI is InChI=1S/C18H20BrClN2O/c1-4-5-18(21)22-16-8-12(3)17(9-11(16)2)23-13-6-7-14(19)15(20)10-13/h6-10H,4-5H2,1-3H3,(H2,21,22). The van der Waals surface area contributed by atoms with Crippen molar-refractivity contribution in [3.05, 3.63) is 51.0 Å². The van der Waals surface area contributed by atoms with E-state index in [2.05, 4.69) is 27.8 Å². The van der Waals surface area contributed by atoms with Crippen LogP contribution >= 0.6 is 27.5 Å². The van der Waals surface area contributed by atoms with Crippen molar-refractivity contribution >= 4 is 39.1 Å². The molecular weight excluding hydrogens is 376 g/mol. The summed E-state index contributed by atoms with van der Waals surface area (Å²) in [5, 5.41) is 0.616. The molecule has 3 nitrogen and oxygen atoms in total. The van der Waals surface area contributed by atoms with E-state index in [0.717, 1.165) is 39.9 Å². The molecule has 0 spiro atoms. The van der Waals surface area contributed by atoms with Crippen LogP contribution in [0.15, 0.2) is 39.8 Å². The topological polar surface area (TPSA) is 47.6 Å². The SMILES string of the molecule is CCCC(N)=Nc1cc(C)c(Oc2ccc(Br)c(Cl)c2)cc1C. The van der Waals surface area contributed by atoms with Crippen LogP contribution in [0.25, 0.3) is 0 Å². The molecule has 0 bridgehead atoms. The molecule has 0 atom stereocenters. The highest BCUT2D eigenvalue weighted by Crippen LogP contribution is 2.34. The molecule has 0 radical (unpaired) electrons. The number of benzene rings is 2. The summed E-state index contributed by atoms with van der Waals surface area (Å²) in [6.07, 6.45) is 1.78. The highest BCUT2D eigenvalue weighted by atomic mass is 79.9. The molecule has 0 aliphatic carbocycles. The molecule has 0 heterocycles. The second-order valence-corrected chi connectivity index (χ2v) is 6.70. The van der Waals surface area contributed by atoms with Crippen molar-refractivity contribution in [2.24, 2.45) is 10.7 Å². The Morgan fingerprint density at radius 2 is 1.96 bits per heavy atom. The Kier molecular flexibility index (Phi) is 6.08. The number of amidine groups is 1. The lowest BCUT2D eigenvalue weighted by molar-refractivity contribution is 0.478. The molecule has 2 aromatic rings. The summed E-state index contributed by atoms with van der Waals surface area (Å²) in [6, 6.07) is 9.49. The Labute approximate surface area is 150 Å². The maximum Gasteiger partial charge on any atom is 0.130 e. The summed E-state index contributed by atoms with van der Waals surface area (Å²) >= 11 is 9.48. The third-order valence-electron chi connectivity index (χ3n) is 3.38. The van der Waals surface area contributed by atoms with Crippen molar-refractivity contribution < 1.29 is 4.74 Å². The summed E-state index contributed by atoms with van der Waals surface area (Å²) in [7, 11) is 0. The van der Waals surface area contributed by atoms with Gasteiger partial charge in [0.25, 0.3) is 0 Å². The van der Waals surface area contributed by atoms with Gasteiger partial charge in [0.05, 0.1) is 16.5 Å². The fourth-order valence-corrected chi connectivity index (χ4v) is 2.56. The zero-order chi connectivity index (χ0) is 17.0. The number of nitrogens with zero attached hydrogens (tertiary/aromatic N) is 1. The average molecular weight is 396 g/mol. The van der Waals surface area contributed by atoms with E-state index >= 15 is 0 Å². The van der Waals surface area contributed by atoms with Crippen molar-refractivity contribution in [1.82, 2.24) is 0 Å². The van der Waals surface area contributed by atoms with Crippen LogP contribution in [0.4, 0.5) is 5.69 Å². The minimum Gasteiger partial charge on any atom is -0.457 e. The van der Waals surface area contributed by atoms with Gasteiger partial charge in [-0.1, -0.05) is 18.5 Å². The Hall–Kier alpha value is -1.52. The summed E-state index contributed by atoms with van der Waals surface area (Å²) in [5.41, 5.74) is 8.83. The molecule has 0 fully saturated rings. The summed E-state index contributed by atoms with van der Waals surface area (Å²) < 4.78 is 6.79. The molecule has 0 aliphatic rings. The molecule has 2 N–H and O–H groups in total. The maximum absolute atomic E-state index is 6.10. The van der Waals surface area contributed by atoms with E-state index in [1.165, 1.54) is 0 Å². The Balaban J connectivity index is 2.29. The smallest absolute Gasteiger partial charge is 0.130 e.